The number of ether oxygens (including phenoxy) is 2. The summed E-state index contributed by atoms with van der Waals surface area (Å²) in [5.74, 6) is 9.01. The van der Waals surface area contributed by atoms with Crippen LogP contribution in [0, 0.1) is 13.8 Å². The van der Waals surface area contributed by atoms with Crippen LogP contribution in [-0.4, -0.2) is 90.3 Å². The molecule has 0 radical (unpaired) electrons. The second-order valence-electron chi connectivity index (χ2n) is 13.9. The van der Waals surface area contributed by atoms with E-state index in [0.717, 1.165) is 33.0 Å². The summed E-state index contributed by atoms with van der Waals surface area (Å²) in [6.45, 7) is 7.04. The number of hydrogen-bond acceptors (Lipinski definition) is 10. The molecule has 2 heterocycles. The maximum Gasteiger partial charge on any atom is 0.122 e. The summed E-state index contributed by atoms with van der Waals surface area (Å²) in [5.41, 5.74) is 8.88. The van der Waals surface area contributed by atoms with Gasteiger partial charge in [0.1, 0.15) is 24.7 Å². The van der Waals surface area contributed by atoms with Crippen molar-refractivity contribution in [1.82, 2.24) is 0 Å². The Labute approximate surface area is 341 Å². The highest BCUT2D eigenvalue weighted by atomic mass is 32.2. The maximum absolute atomic E-state index is 10.8. The third-order valence-electron chi connectivity index (χ3n) is 10.1. The van der Waals surface area contributed by atoms with Gasteiger partial charge in [-0.05, 0) is 82.7 Å². The predicted octanol–water partition coefficient (Wildman–Crippen LogP) is 10.0. The van der Waals surface area contributed by atoms with Crippen molar-refractivity contribution in [1.29, 1.82) is 0 Å². The molecule has 0 amide bonds. The molecule has 4 aromatic carbocycles. The van der Waals surface area contributed by atoms with Crippen molar-refractivity contribution in [3.8, 4) is 22.6 Å². The zero-order valence-electron chi connectivity index (χ0n) is 30.7. The average molecular weight is 823 g/mol. The van der Waals surface area contributed by atoms with Gasteiger partial charge < -0.3 is 19.7 Å². The molecule has 2 fully saturated rings. The molecule has 53 heavy (non-hydrogen) atoms. The number of aryl methyl sites for hydroxylation is 2. The van der Waals surface area contributed by atoms with Gasteiger partial charge in [-0.25, -0.2) is 0 Å². The minimum Gasteiger partial charge on any atom is -0.491 e. The standard InChI is InChI=1S/C43H50O4S6/c1-28-22-31(12-14-39(28)46-24-33(44)26-48-17-16-41-49-18-19-50-41)43(37-10-6-4-8-35(37)36-9-5-7-11-38(36)43)32-13-15-40(29(2)23-32)47-25-34(45)27-53-30(3)42-51-20-21-52-42/h4-15,22-23,30,33-34,41-42,44-45H,16-21,24-27H2,1-3H3. The Kier molecular flexibility index (Phi) is 14.0. The Morgan fingerprint density at radius 1 is 0.698 bits per heavy atom. The van der Waals surface area contributed by atoms with Crippen molar-refractivity contribution in [2.24, 2.45) is 0 Å². The van der Waals surface area contributed by atoms with E-state index in [-0.39, 0.29) is 13.2 Å². The normalized spacial score (nSPS) is 18.4. The van der Waals surface area contributed by atoms with Crippen LogP contribution in [0.15, 0.2) is 84.9 Å². The van der Waals surface area contributed by atoms with Gasteiger partial charge in [-0.1, -0.05) is 79.7 Å². The van der Waals surface area contributed by atoms with Gasteiger partial charge in [-0.15, -0.1) is 47.0 Å². The Hall–Kier alpha value is -1.50. The van der Waals surface area contributed by atoms with Crippen molar-refractivity contribution in [3.63, 3.8) is 0 Å². The van der Waals surface area contributed by atoms with E-state index in [4.69, 9.17) is 9.47 Å². The molecule has 2 aliphatic heterocycles. The summed E-state index contributed by atoms with van der Waals surface area (Å²) >= 11 is 11.9. The number of thioether (sulfide) groups is 6. The lowest BCUT2D eigenvalue weighted by molar-refractivity contribution is 0.126. The van der Waals surface area contributed by atoms with Gasteiger partial charge in [0.15, 0.2) is 0 Å². The molecule has 0 aromatic heterocycles. The Balaban J connectivity index is 1.10. The van der Waals surface area contributed by atoms with E-state index < -0.39 is 17.6 Å². The molecule has 3 aliphatic rings. The number of rotatable bonds is 17. The van der Waals surface area contributed by atoms with Gasteiger partial charge in [0.25, 0.3) is 0 Å². The summed E-state index contributed by atoms with van der Waals surface area (Å²) in [6, 6.07) is 30.7. The molecule has 282 valence electrons. The molecular weight excluding hydrogens is 773 g/mol. The molecule has 2 N–H and O–H groups in total. The lowest BCUT2D eigenvalue weighted by Crippen LogP contribution is -2.29. The second-order valence-corrected chi connectivity index (χ2v) is 22.2. The van der Waals surface area contributed by atoms with Crippen LogP contribution in [0.25, 0.3) is 11.1 Å². The first-order valence-electron chi connectivity index (χ1n) is 18.5. The zero-order chi connectivity index (χ0) is 36.8. The highest BCUT2D eigenvalue weighted by molar-refractivity contribution is 8.21. The molecule has 4 nitrogen and oxygen atoms in total. The largest absolute Gasteiger partial charge is 0.491 e. The number of hydrogen-bond donors (Lipinski definition) is 2. The van der Waals surface area contributed by atoms with Gasteiger partial charge in [0.05, 0.1) is 26.8 Å². The number of aliphatic hydroxyl groups excluding tert-OH is 2. The monoisotopic (exact) mass is 822 g/mol. The third kappa shape index (κ3) is 9.06. The van der Waals surface area contributed by atoms with Crippen LogP contribution in [-0.2, 0) is 5.41 Å². The van der Waals surface area contributed by atoms with Crippen LogP contribution < -0.4 is 9.47 Å². The molecule has 3 unspecified atom stereocenters. The van der Waals surface area contributed by atoms with E-state index in [0.29, 0.717) is 21.3 Å². The van der Waals surface area contributed by atoms with Crippen LogP contribution >= 0.6 is 70.6 Å². The molecule has 7 rings (SSSR count). The molecule has 0 spiro atoms. The molecule has 4 aromatic rings. The van der Waals surface area contributed by atoms with E-state index in [9.17, 15) is 10.2 Å². The molecule has 0 saturated carbocycles. The number of benzene rings is 4. The minimum atomic E-state index is -0.547. The van der Waals surface area contributed by atoms with E-state index in [1.807, 2.05) is 47.0 Å². The Bertz CT molecular complexity index is 1780. The first-order chi connectivity index (χ1) is 25.8. The summed E-state index contributed by atoms with van der Waals surface area (Å²) in [6.07, 6.45) is 0.157. The summed E-state index contributed by atoms with van der Waals surface area (Å²) < 4.78 is 13.9. The third-order valence-corrected chi connectivity index (χ3v) is 19.6. The van der Waals surface area contributed by atoms with Gasteiger partial charge in [-0.3, -0.25) is 0 Å². The van der Waals surface area contributed by atoms with E-state index >= 15 is 0 Å². The van der Waals surface area contributed by atoms with Crippen molar-refractivity contribution < 1.29 is 19.7 Å². The number of fused-ring (bicyclic) bond motifs is 3. The van der Waals surface area contributed by atoms with Gasteiger partial charge in [0, 0.05) is 39.8 Å². The van der Waals surface area contributed by atoms with Crippen LogP contribution in [0.5, 0.6) is 11.5 Å². The molecule has 0 bridgehead atoms. The van der Waals surface area contributed by atoms with Crippen LogP contribution in [0.2, 0.25) is 0 Å². The fourth-order valence-electron chi connectivity index (χ4n) is 7.54. The topological polar surface area (TPSA) is 58.9 Å². The summed E-state index contributed by atoms with van der Waals surface area (Å²) in [5, 5.41) is 22.1. The molecule has 3 atom stereocenters. The van der Waals surface area contributed by atoms with Crippen LogP contribution in [0.4, 0.5) is 0 Å². The van der Waals surface area contributed by atoms with Gasteiger partial charge in [0.2, 0.25) is 0 Å². The second kappa shape index (κ2) is 18.6. The lowest BCUT2D eigenvalue weighted by Gasteiger charge is -2.34. The van der Waals surface area contributed by atoms with Gasteiger partial charge >= 0.3 is 0 Å². The molecular formula is C43H50O4S6. The minimum absolute atomic E-state index is 0.272. The fraction of sp³-hybridized carbons (Fsp3) is 0.442. The Morgan fingerprint density at radius 2 is 1.21 bits per heavy atom. The number of aliphatic hydroxyl groups is 2. The van der Waals surface area contributed by atoms with Crippen molar-refractivity contribution >= 4 is 70.6 Å². The lowest BCUT2D eigenvalue weighted by atomic mass is 9.67. The van der Waals surface area contributed by atoms with Crippen molar-refractivity contribution in [3.05, 3.63) is 118 Å². The molecule has 1 aliphatic carbocycles. The highest BCUT2D eigenvalue weighted by Gasteiger charge is 2.46. The highest BCUT2D eigenvalue weighted by Crippen LogP contribution is 2.56. The zero-order valence-corrected chi connectivity index (χ0v) is 35.6. The van der Waals surface area contributed by atoms with E-state index in [1.54, 1.807) is 0 Å². The quantitative estimate of drug-likeness (QED) is 0.0887. The first-order valence-corrected chi connectivity index (χ1v) is 24.9. The smallest absolute Gasteiger partial charge is 0.122 e. The molecule has 10 heteroatoms. The summed E-state index contributed by atoms with van der Waals surface area (Å²) in [4.78, 5) is 0. The first kappa shape index (κ1) is 39.7. The Morgan fingerprint density at radius 3 is 1.75 bits per heavy atom. The SMILES string of the molecule is Cc1cc(C2(c3ccc(OCC(O)CSC(C)C4SCCS4)c(C)c3)c3ccccc3-c3ccccc32)ccc1OCC(O)CSCCC1SCCS1. The van der Waals surface area contributed by atoms with Crippen LogP contribution in [0.1, 0.15) is 46.7 Å². The predicted molar refractivity (Wildman–Crippen MR) is 237 cm³/mol. The summed E-state index contributed by atoms with van der Waals surface area (Å²) in [7, 11) is 0. The maximum atomic E-state index is 10.8. The van der Waals surface area contributed by atoms with Crippen LogP contribution in [0.3, 0.4) is 0 Å². The molecule has 2 saturated heterocycles. The van der Waals surface area contributed by atoms with E-state index in [1.165, 1.54) is 62.8 Å². The fourth-order valence-corrected chi connectivity index (χ4v) is 16.1. The van der Waals surface area contributed by atoms with E-state index in [2.05, 4.69) is 129 Å². The average Bonchev–Trinajstić information content (AvgIpc) is 3.96. The van der Waals surface area contributed by atoms with Crippen molar-refractivity contribution in [2.75, 3.05) is 53.5 Å². The van der Waals surface area contributed by atoms with Crippen molar-refractivity contribution in [2.45, 2.75) is 59.2 Å². The van der Waals surface area contributed by atoms with Gasteiger partial charge in [-0.2, -0.15) is 23.5 Å².